The van der Waals surface area contributed by atoms with Gasteiger partial charge < -0.3 is 20.1 Å². The maximum absolute atomic E-state index is 12.3. The van der Waals surface area contributed by atoms with Gasteiger partial charge in [-0.05, 0) is 71.0 Å². The van der Waals surface area contributed by atoms with E-state index < -0.39 is 0 Å². The first-order chi connectivity index (χ1) is 14.3. The molecule has 1 aliphatic heterocycles. The Bertz CT molecular complexity index is 1080. The zero-order valence-corrected chi connectivity index (χ0v) is 20.4. The van der Waals surface area contributed by atoms with Crippen LogP contribution in [-0.2, 0) is 9.59 Å². The summed E-state index contributed by atoms with van der Waals surface area (Å²) in [6, 6.07) is 8.84. The number of anilines is 1. The highest BCUT2D eigenvalue weighted by Gasteiger charge is 2.22. The standard InChI is InChI=1S/C20H16ClIN2O4S2/c1-10-3-4-12(21)8-14(10)23-17(25)9-28-18-13(22)5-11(6-15(18)27-2)7-16-19(26)24-20(29)30-16/h3-8H,9H2,1-2H3,(H,23,25)(H,24,26,29)/b16-7-. The number of ether oxygens (including phenoxy) is 2. The van der Waals surface area contributed by atoms with Crippen molar-refractivity contribution in [2.45, 2.75) is 6.92 Å². The Morgan fingerprint density at radius 3 is 2.80 bits per heavy atom. The zero-order valence-electron chi connectivity index (χ0n) is 15.9. The van der Waals surface area contributed by atoms with E-state index in [1.165, 1.54) is 18.9 Å². The van der Waals surface area contributed by atoms with Crippen LogP contribution < -0.4 is 20.1 Å². The predicted octanol–water partition coefficient (Wildman–Crippen LogP) is 4.77. The molecule has 1 saturated heterocycles. The molecule has 1 aliphatic rings. The number of methoxy groups -OCH3 is 1. The van der Waals surface area contributed by atoms with E-state index in [-0.39, 0.29) is 18.4 Å². The van der Waals surface area contributed by atoms with Crippen molar-refractivity contribution in [3.8, 4) is 11.5 Å². The normalized spacial score (nSPS) is 14.6. The van der Waals surface area contributed by atoms with Crippen molar-refractivity contribution in [2.24, 2.45) is 0 Å². The number of aryl methyl sites for hydroxylation is 1. The molecule has 0 unspecified atom stereocenters. The summed E-state index contributed by atoms with van der Waals surface area (Å²) in [4.78, 5) is 24.7. The van der Waals surface area contributed by atoms with Crippen molar-refractivity contribution in [3.05, 3.63) is 55.0 Å². The first-order valence-corrected chi connectivity index (χ1v) is 11.3. The van der Waals surface area contributed by atoms with E-state index in [0.717, 1.165) is 14.7 Å². The van der Waals surface area contributed by atoms with Crippen LogP contribution in [0.15, 0.2) is 35.2 Å². The number of rotatable bonds is 6. The molecule has 1 fully saturated rings. The third kappa shape index (κ3) is 5.65. The van der Waals surface area contributed by atoms with Gasteiger partial charge in [0.05, 0.1) is 15.6 Å². The molecular formula is C20H16ClIN2O4S2. The molecular weight excluding hydrogens is 559 g/mol. The topological polar surface area (TPSA) is 76.7 Å². The molecule has 6 nitrogen and oxygen atoms in total. The summed E-state index contributed by atoms with van der Waals surface area (Å²) < 4.78 is 12.3. The number of nitrogens with one attached hydrogen (secondary N) is 2. The highest BCUT2D eigenvalue weighted by Crippen LogP contribution is 2.36. The molecule has 0 radical (unpaired) electrons. The lowest BCUT2D eigenvalue weighted by atomic mass is 10.2. The van der Waals surface area contributed by atoms with E-state index in [1.807, 2.05) is 19.1 Å². The first kappa shape index (κ1) is 22.9. The molecule has 0 bridgehead atoms. The van der Waals surface area contributed by atoms with Crippen molar-refractivity contribution < 1.29 is 19.1 Å². The Hall–Kier alpha value is -1.82. The van der Waals surface area contributed by atoms with Crippen molar-refractivity contribution in [1.29, 1.82) is 0 Å². The molecule has 156 valence electrons. The molecule has 0 spiro atoms. The van der Waals surface area contributed by atoms with Gasteiger partial charge in [0, 0.05) is 10.7 Å². The van der Waals surface area contributed by atoms with Gasteiger partial charge in [-0.15, -0.1) is 0 Å². The van der Waals surface area contributed by atoms with Crippen molar-refractivity contribution in [2.75, 3.05) is 19.0 Å². The lowest BCUT2D eigenvalue weighted by molar-refractivity contribution is -0.118. The van der Waals surface area contributed by atoms with E-state index in [1.54, 1.807) is 24.3 Å². The Morgan fingerprint density at radius 1 is 1.37 bits per heavy atom. The molecule has 1 heterocycles. The molecule has 30 heavy (non-hydrogen) atoms. The highest BCUT2D eigenvalue weighted by atomic mass is 127. The second-order valence-corrected chi connectivity index (χ2v) is 9.50. The van der Waals surface area contributed by atoms with E-state index >= 15 is 0 Å². The molecule has 2 N–H and O–H groups in total. The fourth-order valence-corrected chi connectivity index (χ4v) is 4.59. The highest BCUT2D eigenvalue weighted by molar-refractivity contribution is 14.1. The van der Waals surface area contributed by atoms with Crippen LogP contribution in [0.25, 0.3) is 6.08 Å². The van der Waals surface area contributed by atoms with Gasteiger partial charge in [0.25, 0.3) is 11.8 Å². The van der Waals surface area contributed by atoms with Gasteiger partial charge in [-0.2, -0.15) is 0 Å². The van der Waals surface area contributed by atoms with E-state index in [4.69, 9.17) is 33.3 Å². The number of carbonyl (C=O) groups excluding carboxylic acids is 2. The lowest BCUT2D eigenvalue weighted by Gasteiger charge is -2.14. The Labute approximate surface area is 201 Å². The van der Waals surface area contributed by atoms with Gasteiger partial charge in [0.1, 0.15) is 4.32 Å². The first-order valence-electron chi connectivity index (χ1n) is 8.58. The van der Waals surface area contributed by atoms with Crippen LogP contribution in [0.3, 0.4) is 0 Å². The number of halogens is 2. The summed E-state index contributed by atoms with van der Waals surface area (Å²) in [7, 11) is 1.51. The second kappa shape index (κ2) is 9.99. The Balaban J connectivity index is 1.74. The van der Waals surface area contributed by atoms with E-state index in [0.29, 0.717) is 31.4 Å². The minimum Gasteiger partial charge on any atom is -0.493 e. The summed E-state index contributed by atoms with van der Waals surface area (Å²) in [5.74, 6) is 0.341. The molecule has 0 aliphatic carbocycles. The van der Waals surface area contributed by atoms with E-state index in [2.05, 4.69) is 33.2 Å². The van der Waals surface area contributed by atoms with Gasteiger partial charge in [0.15, 0.2) is 18.1 Å². The number of benzene rings is 2. The molecule has 3 rings (SSSR count). The average molecular weight is 575 g/mol. The quantitative estimate of drug-likeness (QED) is 0.294. The van der Waals surface area contributed by atoms with Crippen molar-refractivity contribution >= 4 is 86.1 Å². The number of thiocarbonyl (C=S) groups is 1. The maximum Gasteiger partial charge on any atom is 0.263 e. The summed E-state index contributed by atoms with van der Waals surface area (Å²) >= 11 is 14.3. The number of carbonyl (C=O) groups is 2. The molecule has 0 aromatic heterocycles. The molecule has 0 atom stereocenters. The van der Waals surface area contributed by atoms with Crippen molar-refractivity contribution in [1.82, 2.24) is 5.32 Å². The van der Waals surface area contributed by atoms with Gasteiger partial charge in [-0.1, -0.05) is 41.6 Å². The van der Waals surface area contributed by atoms with Crippen LogP contribution in [0.1, 0.15) is 11.1 Å². The minimum atomic E-state index is -0.322. The molecule has 2 aromatic rings. The van der Waals surface area contributed by atoms with Crippen LogP contribution in [0, 0.1) is 10.5 Å². The largest absolute Gasteiger partial charge is 0.493 e. The lowest BCUT2D eigenvalue weighted by Crippen LogP contribution is -2.21. The third-order valence-electron chi connectivity index (χ3n) is 4.01. The van der Waals surface area contributed by atoms with Crippen LogP contribution in [0.4, 0.5) is 5.69 Å². The summed E-state index contributed by atoms with van der Waals surface area (Å²) in [6.07, 6.45) is 1.72. The van der Waals surface area contributed by atoms with Crippen LogP contribution in [0.2, 0.25) is 5.02 Å². The number of amides is 2. The smallest absolute Gasteiger partial charge is 0.263 e. The monoisotopic (exact) mass is 574 g/mol. The van der Waals surface area contributed by atoms with Crippen LogP contribution in [-0.4, -0.2) is 29.9 Å². The van der Waals surface area contributed by atoms with Crippen molar-refractivity contribution in [3.63, 3.8) is 0 Å². The SMILES string of the molecule is COc1cc(/C=C2\SC(=S)NC2=O)cc(I)c1OCC(=O)Nc1cc(Cl)ccc1C. The summed E-state index contributed by atoms with van der Waals surface area (Å²) in [6.45, 7) is 1.67. The van der Waals surface area contributed by atoms with Gasteiger partial charge in [-0.3, -0.25) is 9.59 Å². The van der Waals surface area contributed by atoms with E-state index in [9.17, 15) is 9.59 Å². The zero-order chi connectivity index (χ0) is 21.8. The van der Waals surface area contributed by atoms with Crippen LogP contribution in [0.5, 0.6) is 11.5 Å². The number of thioether (sulfide) groups is 1. The average Bonchev–Trinajstić information content (AvgIpc) is 3.00. The molecule has 2 amide bonds. The predicted molar refractivity (Wildman–Crippen MR) is 132 cm³/mol. The third-order valence-corrected chi connectivity index (χ3v) is 6.21. The summed E-state index contributed by atoms with van der Waals surface area (Å²) in [5, 5.41) is 5.90. The second-order valence-electron chi connectivity index (χ2n) is 6.18. The van der Waals surface area contributed by atoms with Gasteiger partial charge in [-0.25, -0.2) is 0 Å². The molecule has 0 saturated carbocycles. The minimum absolute atomic E-state index is 0.203. The number of hydrogen-bond acceptors (Lipinski definition) is 6. The Kier molecular flexibility index (Phi) is 7.61. The van der Waals surface area contributed by atoms with Gasteiger partial charge in [0.2, 0.25) is 0 Å². The van der Waals surface area contributed by atoms with Crippen LogP contribution >= 0.6 is 58.2 Å². The number of hydrogen-bond donors (Lipinski definition) is 2. The van der Waals surface area contributed by atoms with Gasteiger partial charge >= 0.3 is 0 Å². The fraction of sp³-hybridized carbons (Fsp3) is 0.150. The maximum atomic E-state index is 12.3. The summed E-state index contributed by atoms with van der Waals surface area (Å²) in [5.41, 5.74) is 2.28. The molecule has 10 heteroatoms. The molecule has 2 aromatic carbocycles. The fourth-order valence-electron chi connectivity index (χ4n) is 2.59. The Morgan fingerprint density at radius 2 is 2.13 bits per heavy atom.